The van der Waals surface area contributed by atoms with Gasteiger partial charge in [-0.2, -0.15) is 0 Å². The Morgan fingerprint density at radius 2 is 1.79 bits per heavy atom. The monoisotopic (exact) mass is 394 g/mol. The number of benzene rings is 1. The van der Waals surface area contributed by atoms with Crippen molar-refractivity contribution in [3.05, 3.63) is 54.1 Å². The molecule has 2 aromatic rings. The highest BCUT2D eigenvalue weighted by Gasteiger charge is 2.35. The van der Waals surface area contributed by atoms with E-state index in [-0.39, 0.29) is 11.8 Å². The second-order valence-electron chi connectivity index (χ2n) is 8.24. The summed E-state index contributed by atoms with van der Waals surface area (Å²) in [5.41, 5.74) is 1.28. The topological polar surface area (TPSA) is 67.2 Å². The molecule has 6 nitrogen and oxygen atoms in total. The van der Waals surface area contributed by atoms with Gasteiger partial charge in [0.05, 0.1) is 6.33 Å². The van der Waals surface area contributed by atoms with E-state index in [1.807, 2.05) is 10.8 Å². The van der Waals surface area contributed by atoms with Crippen LogP contribution < -0.4 is 5.32 Å². The van der Waals surface area contributed by atoms with Gasteiger partial charge in [-0.25, -0.2) is 4.98 Å². The van der Waals surface area contributed by atoms with Crippen LogP contribution in [0.5, 0.6) is 0 Å². The van der Waals surface area contributed by atoms with Crippen LogP contribution in [0.15, 0.2) is 43.0 Å². The lowest BCUT2D eigenvalue weighted by molar-refractivity contribution is 0.0390. The summed E-state index contributed by atoms with van der Waals surface area (Å²) < 4.78 is 1.99. The normalized spacial score (nSPS) is 21.4. The van der Waals surface area contributed by atoms with Crippen LogP contribution in [-0.4, -0.2) is 45.4 Å². The molecule has 2 heterocycles. The molecular formula is C23H30N4O2. The number of nitrogens with one attached hydrogen (secondary N) is 1. The number of imidazole rings is 1. The molecule has 2 atom stereocenters. The van der Waals surface area contributed by atoms with Gasteiger partial charge < -0.3 is 14.8 Å². The highest BCUT2D eigenvalue weighted by Crippen LogP contribution is 2.35. The van der Waals surface area contributed by atoms with Crippen LogP contribution in [0.1, 0.15) is 65.7 Å². The number of aromatic nitrogens is 2. The van der Waals surface area contributed by atoms with Crippen LogP contribution in [0.4, 0.5) is 0 Å². The summed E-state index contributed by atoms with van der Waals surface area (Å²) in [6, 6.07) is 7.54. The quantitative estimate of drug-likeness (QED) is 0.763. The molecule has 1 saturated carbocycles. The molecule has 1 saturated heterocycles. The number of rotatable bonds is 6. The molecule has 6 heteroatoms. The molecule has 1 aliphatic heterocycles. The maximum atomic E-state index is 13.1. The lowest BCUT2D eigenvalue weighted by atomic mass is 9.78. The van der Waals surface area contributed by atoms with Crippen molar-refractivity contribution in [3.8, 4) is 0 Å². The number of carbonyl (C=O) groups is 2. The predicted molar refractivity (Wildman–Crippen MR) is 112 cm³/mol. The molecule has 0 bridgehead atoms. The Morgan fingerprint density at radius 3 is 2.59 bits per heavy atom. The fourth-order valence-electron chi connectivity index (χ4n) is 4.79. The van der Waals surface area contributed by atoms with Gasteiger partial charge in [0.25, 0.3) is 11.8 Å². The van der Waals surface area contributed by atoms with Crippen LogP contribution >= 0.6 is 0 Å². The summed E-state index contributed by atoms with van der Waals surface area (Å²) in [4.78, 5) is 31.5. The van der Waals surface area contributed by atoms with E-state index in [2.05, 4.69) is 15.2 Å². The minimum Gasteiger partial charge on any atom is -0.352 e. The number of aryl methyl sites for hydroxylation is 1. The molecule has 2 aliphatic rings. The Bertz CT molecular complexity index is 814. The molecule has 154 valence electrons. The Hall–Kier alpha value is -2.63. The number of likely N-dealkylation sites (tertiary alicyclic amines) is 1. The number of fused-ring (bicyclic) bond motifs is 1. The van der Waals surface area contributed by atoms with Crippen LogP contribution in [0.25, 0.3) is 0 Å². The summed E-state index contributed by atoms with van der Waals surface area (Å²) in [5.74, 6) is 0.697. The molecule has 0 unspecified atom stereocenters. The van der Waals surface area contributed by atoms with E-state index >= 15 is 0 Å². The lowest BCUT2D eigenvalue weighted by Gasteiger charge is -2.44. The fraction of sp³-hybridized carbons (Fsp3) is 0.522. The van der Waals surface area contributed by atoms with Crippen LogP contribution in [0, 0.1) is 5.92 Å². The van der Waals surface area contributed by atoms with E-state index in [1.165, 1.54) is 25.7 Å². The third-order valence-electron chi connectivity index (χ3n) is 6.34. The van der Waals surface area contributed by atoms with Gasteiger partial charge in [0.1, 0.15) is 0 Å². The Labute approximate surface area is 172 Å². The fourth-order valence-corrected chi connectivity index (χ4v) is 4.79. The summed E-state index contributed by atoms with van der Waals surface area (Å²) in [6.45, 7) is 2.29. The molecule has 1 aromatic carbocycles. The standard InChI is InChI=1S/C23H30N4O2/c28-22(25-12-4-14-26-16-13-24-17-26)19-8-10-20(11-9-19)23(29)27-15-3-6-18-5-1-2-7-21(18)27/h8-11,13,16-18,21H,1-7,12,14-15H2,(H,25,28)/t18-,21-/m0/s1. The third-order valence-corrected chi connectivity index (χ3v) is 6.34. The highest BCUT2D eigenvalue weighted by atomic mass is 16.2. The van der Waals surface area contributed by atoms with Gasteiger partial charge in [0, 0.05) is 49.2 Å². The molecule has 2 fully saturated rings. The second kappa shape index (κ2) is 9.25. The molecule has 0 spiro atoms. The zero-order valence-corrected chi connectivity index (χ0v) is 16.9. The molecule has 0 radical (unpaired) electrons. The molecule has 1 aromatic heterocycles. The minimum absolute atomic E-state index is 0.0973. The van der Waals surface area contributed by atoms with Crippen LogP contribution in [-0.2, 0) is 6.54 Å². The maximum absolute atomic E-state index is 13.1. The Morgan fingerprint density at radius 1 is 1.03 bits per heavy atom. The molecule has 1 N–H and O–H groups in total. The zero-order chi connectivity index (χ0) is 20.1. The van der Waals surface area contributed by atoms with Gasteiger partial charge in [-0.1, -0.05) is 12.8 Å². The van der Waals surface area contributed by atoms with E-state index in [0.717, 1.165) is 32.4 Å². The van der Waals surface area contributed by atoms with Crippen molar-refractivity contribution in [2.75, 3.05) is 13.1 Å². The largest absolute Gasteiger partial charge is 0.352 e. The van der Waals surface area contributed by atoms with Gasteiger partial charge >= 0.3 is 0 Å². The van der Waals surface area contributed by atoms with Crippen molar-refractivity contribution >= 4 is 11.8 Å². The van der Waals surface area contributed by atoms with Crippen molar-refractivity contribution in [1.29, 1.82) is 0 Å². The second-order valence-corrected chi connectivity index (χ2v) is 8.24. The first kappa shape index (κ1) is 19.7. The number of hydrogen-bond donors (Lipinski definition) is 1. The maximum Gasteiger partial charge on any atom is 0.254 e. The first-order valence-electron chi connectivity index (χ1n) is 10.9. The van der Waals surface area contributed by atoms with Crippen molar-refractivity contribution in [1.82, 2.24) is 19.8 Å². The molecule has 2 amide bonds. The van der Waals surface area contributed by atoms with E-state index in [1.54, 1.807) is 36.8 Å². The van der Waals surface area contributed by atoms with Crippen molar-refractivity contribution < 1.29 is 9.59 Å². The van der Waals surface area contributed by atoms with Crippen molar-refractivity contribution in [2.45, 2.75) is 57.5 Å². The smallest absolute Gasteiger partial charge is 0.254 e. The highest BCUT2D eigenvalue weighted by molar-refractivity contribution is 5.98. The van der Waals surface area contributed by atoms with E-state index in [4.69, 9.17) is 0 Å². The van der Waals surface area contributed by atoms with Gasteiger partial charge in [-0.05, 0) is 62.3 Å². The lowest BCUT2D eigenvalue weighted by Crippen LogP contribution is -2.49. The predicted octanol–water partition coefficient (Wildman–Crippen LogP) is 3.50. The third kappa shape index (κ3) is 4.69. The van der Waals surface area contributed by atoms with E-state index in [0.29, 0.717) is 29.6 Å². The van der Waals surface area contributed by atoms with Gasteiger partial charge in [-0.15, -0.1) is 0 Å². The Kier molecular flexibility index (Phi) is 6.27. The average molecular weight is 395 g/mol. The van der Waals surface area contributed by atoms with Gasteiger partial charge in [0.15, 0.2) is 0 Å². The summed E-state index contributed by atoms with van der Waals surface area (Å²) in [7, 11) is 0. The zero-order valence-electron chi connectivity index (χ0n) is 16.9. The van der Waals surface area contributed by atoms with Crippen molar-refractivity contribution in [2.24, 2.45) is 5.92 Å². The first-order valence-corrected chi connectivity index (χ1v) is 10.9. The van der Waals surface area contributed by atoms with Crippen LogP contribution in [0.2, 0.25) is 0 Å². The van der Waals surface area contributed by atoms with E-state index in [9.17, 15) is 9.59 Å². The molecule has 4 rings (SSSR count). The summed E-state index contributed by atoms with van der Waals surface area (Å²) in [6.07, 6.45) is 13.6. The summed E-state index contributed by atoms with van der Waals surface area (Å²) in [5, 5.41) is 2.94. The minimum atomic E-state index is -0.0973. The van der Waals surface area contributed by atoms with Crippen molar-refractivity contribution in [3.63, 3.8) is 0 Å². The number of amides is 2. The number of piperidine rings is 1. The Balaban J connectivity index is 1.31. The van der Waals surface area contributed by atoms with Gasteiger partial charge in [0.2, 0.25) is 0 Å². The number of nitrogens with zero attached hydrogens (tertiary/aromatic N) is 3. The molecular weight excluding hydrogens is 364 g/mol. The number of hydrogen-bond acceptors (Lipinski definition) is 3. The summed E-state index contributed by atoms with van der Waals surface area (Å²) >= 11 is 0. The average Bonchev–Trinajstić information content (AvgIpc) is 3.29. The first-order chi connectivity index (χ1) is 14.2. The van der Waals surface area contributed by atoms with Crippen LogP contribution in [0.3, 0.4) is 0 Å². The molecule has 29 heavy (non-hydrogen) atoms. The molecule has 1 aliphatic carbocycles. The van der Waals surface area contributed by atoms with E-state index < -0.39 is 0 Å². The SMILES string of the molecule is O=C(NCCCn1ccnc1)c1ccc(C(=O)N2CCC[C@@H]3CCCC[C@@H]32)cc1. The van der Waals surface area contributed by atoms with Gasteiger partial charge in [-0.3, -0.25) is 9.59 Å². The number of carbonyl (C=O) groups excluding carboxylic acids is 2.